The highest BCUT2D eigenvalue weighted by atomic mass is 35.5. The maximum absolute atomic E-state index is 12.5. The number of sulfonamides is 1. The van der Waals surface area contributed by atoms with Crippen LogP contribution in [0.25, 0.3) is 11.1 Å². The SMILES string of the molecule is COc1ccc(NS(=O)(=O)c2cc3oc(=O)n(C)c3cc2Cl)cn1. The number of pyridine rings is 1. The number of benzene rings is 1. The Morgan fingerprint density at radius 3 is 2.71 bits per heavy atom. The number of aryl methyl sites for hydroxylation is 1. The zero-order valence-corrected chi connectivity index (χ0v) is 14.2. The molecular formula is C14H12ClN3O5S. The van der Waals surface area contributed by atoms with E-state index in [0.29, 0.717) is 11.4 Å². The first kappa shape index (κ1) is 16.3. The maximum Gasteiger partial charge on any atom is 0.419 e. The van der Waals surface area contributed by atoms with E-state index in [1.807, 2.05) is 0 Å². The summed E-state index contributed by atoms with van der Waals surface area (Å²) in [5.41, 5.74) is 0.761. The summed E-state index contributed by atoms with van der Waals surface area (Å²) in [6.07, 6.45) is 1.31. The van der Waals surface area contributed by atoms with Gasteiger partial charge in [0.25, 0.3) is 10.0 Å². The van der Waals surface area contributed by atoms with Crippen molar-refractivity contribution >= 4 is 38.4 Å². The molecule has 0 saturated heterocycles. The molecule has 0 saturated carbocycles. The van der Waals surface area contributed by atoms with Crippen molar-refractivity contribution in [1.29, 1.82) is 0 Å². The predicted octanol–water partition coefficient (Wildman–Crippen LogP) is 1.99. The Balaban J connectivity index is 2.03. The van der Waals surface area contributed by atoms with Gasteiger partial charge in [0.1, 0.15) is 4.90 Å². The number of hydrogen-bond acceptors (Lipinski definition) is 6. The summed E-state index contributed by atoms with van der Waals surface area (Å²) < 4.78 is 38.6. The van der Waals surface area contributed by atoms with Crippen molar-refractivity contribution < 1.29 is 17.6 Å². The van der Waals surface area contributed by atoms with Crippen molar-refractivity contribution in [3.8, 4) is 5.88 Å². The molecule has 0 bridgehead atoms. The van der Waals surface area contributed by atoms with Gasteiger partial charge in [-0.1, -0.05) is 11.6 Å². The van der Waals surface area contributed by atoms with E-state index in [1.54, 1.807) is 0 Å². The molecule has 1 N–H and O–H groups in total. The number of hydrogen-bond donors (Lipinski definition) is 1. The van der Waals surface area contributed by atoms with Crippen LogP contribution in [0.5, 0.6) is 5.88 Å². The molecule has 0 aliphatic rings. The van der Waals surface area contributed by atoms with Crippen LogP contribution in [-0.4, -0.2) is 25.1 Å². The fourth-order valence-electron chi connectivity index (χ4n) is 2.11. The lowest BCUT2D eigenvalue weighted by molar-refractivity contribution is 0.398. The van der Waals surface area contributed by atoms with Crippen LogP contribution in [0.4, 0.5) is 5.69 Å². The lowest BCUT2D eigenvalue weighted by Gasteiger charge is -2.09. The first-order valence-corrected chi connectivity index (χ1v) is 8.50. The van der Waals surface area contributed by atoms with E-state index in [9.17, 15) is 13.2 Å². The molecule has 0 amide bonds. The lowest BCUT2D eigenvalue weighted by atomic mass is 10.3. The fourth-order valence-corrected chi connectivity index (χ4v) is 3.69. The Bertz CT molecular complexity index is 1070. The third-order valence-corrected chi connectivity index (χ3v) is 5.18. The van der Waals surface area contributed by atoms with Gasteiger partial charge in [0.15, 0.2) is 5.58 Å². The first-order valence-electron chi connectivity index (χ1n) is 6.64. The van der Waals surface area contributed by atoms with E-state index in [2.05, 4.69) is 9.71 Å². The summed E-state index contributed by atoms with van der Waals surface area (Å²) in [6.45, 7) is 0. The third-order valence-electron chi connectivity index (χ3n) is 3.33. The van der Waals surface area contributed by atoms with Crippen molar-refractivity contribution in [3.05, 3.63) is 46.0 Å². The van der Waals surface area contributed by atoms with Gasteiger partial charge in [-0.3, -0.25) is 9.29 Å². The van der Waals surface area contributed by atoms with Crippen molar-refractivity contribution in [2.75, 3.05) is 11.8 Å². The standard InChI is InChI=1S/C14H12ClN3O5S/c1-18-10-5-9(15)12(6-11(10)23-14(18)19)24(20,21)17-8-3-4-13(22-2)16-7-8/h3-7,17H,1-2H3. The van der Waals surface area contributed by atoms with Gasteiger partial charge in [-0.05, 0) is 12.1 Å². The number of nitrogens with zero attached hydrogens (tertiary/aromatic N) is 2. The van der Waals surface area contributed by atoms with Crippen LogP contribution in [0.3, 0.4) is 0 Å². The topological polar surface area (TPSA) is 103 Å². The normalized spacial score (nSPS) is 11.6. The van der Waals surface area contributed by atoms with Crippen molar-refractivity contribution in [3.63, 3.8) is 0 Å². The molecule has 3 rings (SSSR count). The van der Waals surface area contributed by atoms with E-state index >= 15 is 0 Å². The summed E-state index contributed by atoms with van der Waals surface area (Å²) in [7, 11) is -1.04. The summed E-state index contributed by atoms with van der Waals surface area (Å²) in [6, 6.07) is 5.58. The maximum atomic E-state index is 12.5. The van der Waals surface area contributed by atoms with Gasteiger partial charge in [-0.25, -0.2) is 18.2 Å². The molecule has 0 atom stereocenters. The second-order valence-electron chi connectivity index (χ2n) is 4.87. The summed E-state index contributed by atoms with van der Waals surface area (Å²) in [5.74, 6) is -0.258. The number of ether oxygens (including phenoxy) is 1. The number of fused-ring (bicyclic) bond motifs is 1. The zero-order chi connectivity index (χ0) is 17.5. The highest BCUT2D eigenvalue weighted by Gasteiger charge is 2.21. The van der Waals surface area contributed by atoms with Gasteiger partial charge in [-0.15, -0.1) is 0 Å². The zero-order valence-electron chi connectivity index (χ0n) is 12.6. The number of methoxy groups -OCH3 is 1. The molecule has 0 unspecified atom stereocenters. The Morgan fingerprint density at radius 2 is 2.08 bits per heavy atom. The van der Waals surface area contributed by atoms with Gasteiger partial charge in [-0.2, -0.15) is 0 Å². The average molecular weight is 370 g/mol. The van der Waals surface area contributed by atoms with Crippen LogP contribution in [0, 0.1) is 0 Å². The molecular weight excluding hydrogens is 358 g/mol. The van der Waals surface area contributed by atoms with Crippen molar-refractivity contribution in [1.82, 2.24) is 9.55 Å². The number of rotatable bonds is 4. The van der Waals surface area contributed by atoms with Crippen molar-refractivity contribution in [2.24, 2.45) is 7.05 Å². The minimum atomic E-state index is -3.99. The molecule has 0 spiro atoms. The molecule has 10 heteroatoms. The van der Waals surface area contributed by atoms with E-state index in [0.717, 1.165) is 0 Å². The lowest BCUT2D eigenvalue weighted by Crippen LogP contribution is -2.13. The molecule has 2 aromatic heterocycles. The highest BCUT2D eigenvalue weighted by Crippen LogP contribution is 2.28. The molecule has 126 valence electrons. The van der Waals surface area contributed by atoms with Crippen LogP contribution in [0.2, 0.25) is 5.02 Å². The highest BCUT2D eigenvalue weighted by molar-refractivity contribution is 7.92. The van der Waals surface area contributed by atoms with Crippen molar-refractivity contribution in [2.45, 2.75) is 4.90 Å². The molecule has 3 aromatic rings. The average Bonchev–Trinajstić information content (AvgIpc) is 2.81. The fraction of sp³-hybridized carbons (Fsp3) is 0.143. The molecule has 0 aliphatic heterocycles. The molecule has 2 heterocycles. The molecule has 0 radical (unpaired) electrons. The first-order chi connectivity index (χ1) is 11.3. The van der Waals surface area contributed by atoms with E-state index in [-0.39, 0.29) is 21.2 Å². The van der Waals surface area contributed by atoms with Gasteiger partial charge in [0, 0.05) is 19.2 Å². The number of oxazole rings is 1. The molecule has 0 aliphatic carbocycles. The van der Waals surface area contributed by atoms with E-state index in [1.165, 1.54) is 49.2 Å². The Kier molecular flexibility index (Phi) is 3.98. The second kappa shape index (κ2) is 5.84. The van der Waals surface area contributed by atoms with Crippen LogP contribution in [0.15, 0.2) is 44.6 Å². The van der Waals surface area contributed by atoms with Crippen LogP contribution in [-0.2, 0) is 17.1 Å². The minimum Gasteiger partial charge on any atom is -0.481 e. The van der Waals surface area contributed by atoms with Crippen LogP contribution >= 0.6 is 11.6 Å². The molecule has 0 fully saturated rings. The number of nitrogens with one attached hydrogen (secondary N) is 1. The Morgan fingerprint density at radius 1 is 1.33 bits per heavy atom. The molecule has 1 aromatic carbocycles. The summed E-state index contributed by atoms with van der Waals surface area (Å²) in [5, 5.41) is -0.0344. The van der Waals surface area contributed by atoms with Gasteiger partial charge < -0.3 is 9.15 Å². The van der Waals surface area contributed by atoms with Gasteiger partial charge in [0.05, 0.1) is 29.5 Å². The number of aromatic nitrogens is 2. The van der Waals surface area contributed by atoms with E-state index < -0.39 is 15.8 Å². The second-order valence-corrected chi connectivity index (χ2v) is 6.93. The third kappa shape index (κ3) is 2.83. The predicted molar refractivity (Wildman–Crippen MR) is 88.1 cm³/mol. The Hall–Kier alpha value is -2.52. The largest absolute Gasteiger partial charge is 0.481 e. The summed E-state index contributed by atoms with van der Waals surface area (Å²) >= 11 is 6.07. The molecule has 24 heavy (non-hydrogen) atoms. The molecule has 8 nitrogen and oxygen atoms in total. The van der Waals surface area contributed by atoms with E-state index in [4.69, 9.17) is 20.8 Å². The Labute approximate surface area is 141 Å². The smallest absolute Gasteiger partial charge is 0.419 e. The van der Waals surface area contributed by atoms with Gasteiger partial charge >= 0.3 is 5.76 Å². The number of halogens is 1. The monoisotopic (exact) mass is 369 g/mol. The number of anilines is 1. The quantitative estimate of drug-likeness (QED) is 0.754. The van der Waals surface area contributed by atoms with Crippen LogP contribution in [0.1, 0.15) is 0 Å². The minimum absolute atomic E-state index is 0.0344. The van der Waals surface area contributed by atoms with Gasteiger partial charge in [0.2, 0.25) is 5.88 Å². The van der Waals surface area contributed by atoms with Crippen LogP contribution < -0.4 is 15.2 Å². The summed E-state index contributed by atoms with van der Waals surface area (Å²) in [4.78, 5) is 15.2.